The van der Waals surface area contributed by atoms with Gasteiger partial charge in [-0.1, -0.05) is 6.92 Å². The molecule has 2 aromatic heterocycles. The average Bonchev–Trinajstić information content (AvgIpc) is 3.32. The van der Waals surface area contributed by atoms with Crippen LogP contribution in [0.15, 0.2) is 36.7 Å². The molecule has 1 aliphatic heterocycles. The van der Waals surface area contributed by atoms with Crippen LogP contribution in [0.5, 0.6) is 0 Å². The Bertz CT molecular complexity index is 918. The van der Waals surface area contributed by atoms with E-state index in [2.05, 4.69) is 41.5 Å². The van der Waals surface area contributed by atoms with Crippen molar-refractivity contribution in [2.45, 2.75) is 26.7 Å². The van der Waals surface area contributed by atoms with Crippen molar-refractivity contribution in [3.05, 3.63) is 47.1 Å². The van der Waals surface area contributed by atoms with Gasteiger partial charge in [0.1, 0.15) is 6.33 Å². The molecule has 3 heterocycles. The molecule has 0 radical (unpaired) electrons. The number of likely N-dealkylation sites (tertiary alicyclic amines) is 1. The second-order valence-corrected chi connectivity index (χ2v) is 8.22. The third-order valence-electron chi connectivity index (χ3n) is 4.75. The van der Waals surface area contributed by atoms with Crippen molar-refractivity contribution >= 4 is 17.2 Å². The molecule has 26 heavy (non-hydrogen) atoms. The molecule has 1 aromatic carbocycles. The van der Waals surface area contributed by atoms with E-state index in [1.54, 1.807) is 22.3 Å². The maximum Gasteiger partial charge on any atom is 0.253 e. The largest absolute Gasteiger partial charge is 0.338 e. The number of nitrogens with zero attached hydrogens (tertiary/aromatic N) is 5. The Labute approximate surface area is 156 Å². The first kappa shape index (κ1) is 16.9. The van der Waals surface area contributed by atoms with Crippen molar-refractivity contribution < 1.29 is 4.79 Å². The first-order valence-electron chi connectivity index (χ1n) is 8.85. The number of amides is 1. The van der Waals surface area contributed by atoms with Crippen LogP contribution in [0.3, 0.4) is 0 Å². The van der Waals surface area contributed by atoms with Gasteiger partial charge in [0.25, 0.3) is 5.91 Å². The lowest BCUT2D eigenvalue weighted by Gasteiger charge is -2.31. The summed E-state index contributed by atoms with van der Waals surface area (Å²) in [4.78, 5) is 17.5. The molecule has 0 saturated carbocycles. The van der Waals surface area contributed by atoms with Crippen molar-refractivity contribution in [3.8, 4) is 16.1 Å². The van der Waals surface area contributed by atoms with Gasteiger partial charge in [0.15, 0.2) is 0 Å². The summed E-state index contributed by atoms with van der Waals surface area (Å²) in [7, 11) is 0. The summed E-state index contributed by atoms with van der Waals surface area (Å²) in [6.07, 6.45) is 3.81. The summed E-state index contributed by atoms with van der Waals surface area (Å²) >= 11 is 1.72. The molecule has 0 N–H and O–H groups in total. The van der Waals surface area contributed by atoms with Crippen LogP contribution in [0.4, 0.5) is 0 Å². The quantitative estimate of drug-likeness (QED) is 0.710. The van der Waals surface area contributed by atoms with Gasteiger partial charge in [0.2, 0.25) is 0 Å². The Kier molecular flexibility index (Phi) is 4.55. The normalized spacial score (nSPS) is 17.5. The molecular weight excluding hydrogens is 346 g/mol. The van der Waals surface area contributed by atoms with E-state index in [1.807, 2.05) is 23.1 Å². The highest BCUT2D eigenvalue weighted by Gasteiger charge is 2.23. The Hall–Kier alpha value is -2.54. The number of benzene rings is 1. The van der Waals surface area contributed by atoms with E-state index >= 15 is 0 Å². The molecule has 3 aromatic rings. The van der Waals surface area contributed by atoms with Crippen LogP contribution < -0.4 is 0 Å². The van der Waals surface area contributed by atoms with Crippen molar-refractivity contribution in [3.63, 3.8) is 0 Å². The number of carbonyl (C=O) groups is 1. The van der Waals surface area contributed by atoms with Crippen LogP contribution in [-0.4, -0.2) is 44.1 Å². The van der Waals surface area contributed by atoms with Gasteiger partial charge in [-0.25, -0.2) is 4.68 Å². The predicted molar refractivity (Wildman–Crippen MR) is 102 cm³/mol. The van der Waals surface area contributed by atoms with E-state index in [-0.39, 0.29) is 5.91 Å². The summed E-state index contributed by atoms with van der Waals surface area (Å²) < 4.78 is 1.60. The first-order chi connectivity index (χ1) is 12.6. The van der Waals surface area contributed by atoms with Crippen LogP contribution in [0.25, 0.3) is 16.1 Å². The zero-order valence-corrected chi connectivity index (χ0v) is 15.7. The molecule has 6 nitrogen and oxygen atoms in total. The number of hydrogen-bond donors (Lipinski definition) is 0. The maximum absolute atomic E-state index is 13.1. The van der Waals surface area contributed by atoms with Gasteiger partial charge >= 0.3 is 0 Å². The lowest BCUT2D eigenvalue weighted by molar-refractivity contribution is 0.0683. The average molecular weight is 367 g/mol. The molecule has 0 spiro atoms. The van der Waals surface area contributed by atoms with E-state index in [0.29, 0.717) is 11.5 Å². The highest BCUT2D eigenvalue weighted by Crippen LogP contribution is 2.31. The van der Waals surface area contributed by atoms with E-state index in [1.165, 1.54) is 11.3 Å². The Balaban J connectivity index is 1.75. The van der Waals surface area contributed by atoms with Gasteiger partial charge in [0, 0.05) is 28.4 Å². The molecule has 0 bridgehead atoms. The highest BCUT2D eigenvalue weighted by atomic mass is 32.1. The first-order valence-corrected chi connectivity index (χ1v) is 9.66. The number of rotatable bonds is 3. The van der Waals surface area contributed by atoms with E-state index in [4.69, 9.17) is 0 Å². The molecule has 7 heteroatoms. The molecule has 0 aliphatic carbocycles. The molecule has 1 unspecified atom stereocenters. The van der Waals surface area contributed by atoms with E-state index in [9.17, 15) is 4.79 Å². The Morgan fingerprint density at radius 2 is 2.15 bits per heavy atom. The fourth-order valence-corrected chi connectivity index (χ4v) is 4.29. The van der Waals surface area contributed by atoms with Crippen molar-refractivity contribution in [2.75, 3.05) is 13.1 Å². The van der Waals surface area contributed by atoms with Crippen molar-refractivity contribution in [2.24, 2.45) is 5.92 Å². The van der Waals surface area contributed by atoms with Crippen LogP contribution in [0.2, 0.25) is 0 Å². The van der Waals surface area contributed by atoms with Crippen molar-refractivity contribution in [1.82, 2.24) is 25.1 Å². The summed E-state index contributed by atoms with van der Waals surface area (Å²) in [6, 6.07) is 10.1. The molecule has 134 valence electrons. The topological polar surface area (TPSA) is 63.9 Å². The molecule has 1 aliphatic rings. The van der Waals surface area contributed by atoms with Gasteiger partial charge in [-0.2, -0.15) is 0 Å². The summed E-state index contributed by atoms with van der Waals surface area (Å²) in [5.41, 5.74) is 2.50. The van der Waals surface area contributed by atoms with Crippen LogP contribution in [0, 0.1) is 12.8 Å². The summed E-state index contributed by atoms with van der Waals surface area (Å²) in [5.74, 6) is 0.635. The summed E-state index contributed by atoms with van der Waals surface area (Å²) in [6.45, 7) is 5.93. The minimum Gasteiger partial charge on any atom is -0.338 e. The van der Waals surface area contributed by atoms with Gasteiger partial charge < -0.3 is 4.90 Å². The zero-order chi connectivity index (χ0) is 18.1. The zero-order valence-electron chi connectivity index (χ0n) is 14.9. The third kappa shape index (κ3) is 3.39. The predicted octanol–water partition coefficient (Wildman–Crippen LogP) is 3.57. The SMILES string of the molecule is Cc1ccc(-c2cc(C(=O)N3CCCC(C)C3)cc(-n3cnnn3)c2)s1. The van der Waals surface area contributed by atoms with E-state index in [0.717, 1.165) is 35.6 Å². The van der Waals surface area contributed by atoms with Crippen LogP contribution in [0.1, 0.15) is 35.0 Å². The standard InChI is InChI=1S/C19H21N5OS/c1-13-4-3-7-23(11-13)19(25)16-8-15(18-6-5-14(2)26-18)9-17(10-16)24-12-20-21-22-24/h5-6,8-10,12-13H,3-4,7,11H2,1-2H3. The van der Waals surface area contributed by atoms with Gasteiger partial charge in [-0.15, -0.1) is 16.4 Å². The minimum atomic E-state index is 0.0843. The number of thiophene rings is 1. The molecule has 4 rings (SSSR count). The number of tetrazole rings is 1. The molecule has 1 fully saturated rings. The Morgan fingerprint density at radius 3 is 2.85 bits per heavy atom. The number of aromatic nitrogens is 4. The molecule has 1 atom stereocenters. The third-order valence-corrected chi connectivity index (χ3v) is 5.80. The van der Waals surface area contributed by atoms with E-state index < -0.39 is 0 Å². The lowest BCUT2D eigenvalue weighted by atomic mass is 9.99. The van der Waals surface area contributed by atoms with Gasteiger partial charge in [0.05, 0.1) is 5.69 Å². The lowest BCUT2D eigenvalue weighted by Crippen LogP contribution is -2.39. The molecule has 1 amide bonds. The number of carbonyl (C=O) groups excluding carboxylic acids is 1. The fraction of sp³-hybridized carbons (Fsp3) is 0.368. The minimum absolute atomic E-state index is 0.0843. The monoisotopic (exact) mass is 367 g/mol. The van der Waals surface area contributed by atoms with Crippen molar-refractivity contribution in [1.29, 1.82) is 0 Å². The maximum atomic E-state index is 13.1. The second kappa shape index (κ2) is 6.99. The van der Waals surface area contributed by atoms with Crippen LogP contribution in [-0.2, 0) is 0 Å². The molecule has 1 saturated heterocycles. The van der Waals surface area contributed by atoms with Gasteiger partial charge in [-0.3, -0.25) is 4.79 Å². The van der Waals surface area contributed by atoms with Gasteiger partial charge in [-0.05, 0) is 72.0 Å². The fourth-order valence-electron chi connectivity index (χ4n) is 3.43. The number of hydrogen-bond acceptors (Lipinski definition) is 5. The number of piperidine rings is 1. The molecular formula is C19H21N5OS. The van der Waals surface area contributed by atoms with Crippen LogP contribution >= 0.6 is 11.3 Å². The second-order valence-electron chi connectivity index (χ2n) is 6.93. The smallest absolute Gasteiger partial charge is 0.253 e. The summed E-state index contributed by atoms with van der Waals surface area (Å²) in [5, 5.41) is 11.4. The number of aryl methyl sites for hydroxylation is 1. The highest BCUT2D eigenvalue weighted by molar-refractivity contribution is 7.15. The Morgan fingerprint density at radius 1 is 1.27 bits per heavy atom.